The number of hydrogen-bond donors (Lipinski definition) is 1. The second-order valence-electron chi connectivity index (χ2n) is 6.56. The van der Waals surface area contributed by atoms with Gasteiger partial charge in [0, 0.05) is 36.8 Å². The van der Waals surface area contributed by atoms with Crippen LogP contribution in [0.1, 0.15) is 25.1 Å². The van der Waals surface area contributed by atoms with Crippen LogP contribution >= 0.6 is 0 Å². The fraction of sp³-hybridized carbons (Fsp3) is 0.300. The third-order valence-corrected chi connectivity index (χ3v) is 4.78. The van der Waals surface area contributed by atoms with Gasteiger partial charge in [-0.15, -0.1) is 0 Å². The smallest absolute Gasteiger partial charge is 0.165 e. The molecule has 0 amide bonds. The van der Waals surface area contributed by atoms with E-state index in [1.807, 2.05) is 23.1 Å². The van der Waals surface area contributed by atoms with Crippen molar-refractivity contribution < 1.29 is 4.39 Å². The van der Waals surface area contributed by atoms with Crippen LogP contribution in [0.2, 0.25) is 0 Å². The molecular weight excluding hydrogens is 315 g/mol. The molecule has 3 heterocycles. The van der Waals surface area contributed by atoms with Gasteiger partial charge in [0.1, 0.15) is 0 Å². The molecule has 5 heteroatoms. The minimum atomic E-state index is -0.257. The molecule has 1 N–H and O–H groups in total. The lowest BCUT2D eigenvalue weighted by Crippen LogP contribution is -2.35. The summed E-state index contributed by atoms with van der Waals surface area (Å²) in [6, 6.07) is 15.8. The molecule has 2 aromatic heterocycles. The third-order valence-electron chi connectivity index (χ3n) is 4.78. The Morgan fingerprint density at radius 1 is 1.16 bits per heavy atom. The largest absolute Gasteiger partial charge is 0.353 e. The van der Waals surface area contributed by atoms with Gasteiger partial charge in [-0.1, -0.05) is 24.3 Å². The van der Waals surface area contributed by atoms with Crippen molar-refractivity contribution in [1.82, 2.24) is 15.3 Å². The fourth-order valence-corrected chi connectivity index (χ4v) is 3.46. The van der Waals surface area contributed by atoms with E-state index < -0.39 is 0 Å². The molecule has 0 saturated carbocycles. The van der Waals surface area contributed by atoms with Gasteiger partial charge in [0.25, 0.3) is 0 Å². The molecule has 1 fully saturated rings. The van der Waals surface area contributed by atoms with Crippen LogP contribution in [0.5, 0.6) is 0 Å². The number of aromatic nitrogens is 2. The Morgan fingerprint density at radius 3 is 2.92 bits per heavy atom. The maximum Gasteiger partial charge on any atom is 0.165 e. The van der Waals surface area contributed by atoms with E-state index in [2.05, 4.69) is 35.4 Å². The summed E-state index contributed by atoms with van der Waals surface area (Å²) >= 11 is 0. The first-order chi connectivity index (χ1) is 12.2. The van der Waals surface area contributed by atoms with Crippen LogP contribution in [0.3, 0.4) is 0 Å². The number of nitrogens with zero attached hydrogens (tertiary/aromatic N) is 3. The maximum absolute atomic E-state index is 13.9. The second kappa shape index (κ2) is 6.76. The predicted octanol–water partition coefficient (Wildman–Crippen LogP) is 3.70. The quantitative estimate of drug-likeness (QED) is 0.789. The van der Waals surface area contributed by atoms with Gasteiger partial charge in [-0.05, 0) is 37.6 Å². The summed E-state index contributed by atoms with van der Waals surface area (Å²) in [5, 5.41) is 4.77. The molecule has 0 spiro atoms. The number of nitrogens with one attached hydrogen (secondary N) is 1. The summed E-state index contributed by atoms with van der Waals surface area (Å²) in [5.74, 6) is 0.190. The molecule has 1 aliphatic rings. The Labute approximate surface area is 146 Å². The number of fused-ring (bicyclic) bond motifs is 1. The van der Waals surface area contributed by atoms with Crippen molar-refractivity contribution in [3.8, 4) is 0 Å². The van der Waals surface area contributed by atoms with E-state index in [9.17, 15) is 4.39 Å². The SMILES string of the molecule is C[C@@H](N[C@H]1CCN(c2ncccc2F)C1)c1ccc2ccccc2n1. The molecule has 4 rings (SSSR count). The highest BCUT2D eigenvalue weighted by Crippen LogP contribution is 2.23. The predicted molar refractivity (Wildman–Crippen MR) is 98.1 cm³/mol. The molecule has 4 nitrogen and oxygen atoms in total. The lowest BCUT2D eigenvalue weighted by Gasteiger charge is -2.21. The molecule has 0 unspecified atom stereocenters. The molecule has 1 aromatic carbocycles. The van der Waals surface area contributed by atoms with Gasteiger partial charge in [-0.25, -0.2) is 9.37 Å². The Balaban J connectivity index is 1.44. The third kappa shape index (κ3) is 3.33. The van der Waals surface area contributed by atoms with Crippen LogP contribution in [0.4, 0.5) is 10.2 Å². The van der Waals surface area contributed by atoms with E-state index in [1.54, 1.807) is 12.3 Å². The number of anilines is 1. The van der Waals surface area contributed by atoms with Crippen LogP contribution < -0.4 is 10.2 Å². The van der Waals surface area contributed by atoms with Crippen molar-refractivity contribution >= 4 is 16.7 Å². The summed E-state index contributed by atoms with van der Waals surface area (Å²) in [6.45, 7) is 3.69. The topological polar surface area (TPSA) is 41.0 Å². The van der Waals surface area contributed by atoms with E-state index >= 15 is 0 Å². The molecule has 25 heavy (non-hydrogen) atoms. The molecule has 1 saturated heterocycles. The first-order valence-corrected chi connectivity index (χ1v) is 8.68. The first kappa shape index (κ1) is 16.0. The molecule has 0 bridgehead atoms. The van der Waals surface area contributed by atoms with Crippen molar-refractivity contribution in [3.05, 3.63) is 66.2 Å². The minimum absolute atomic E-state index is 0.142. The highest BCUT2D eigenvalue weighted by molar-refractivity contribution is 5.78. The van der Waals surface area contributed by atoms with Crippen LogP contribution in [0.25, 0.3) is 10.9 Å². The van der Waals surface area contributed by atoms with E-state index in [1.165, 1.54) is 6.07 Å². The van der Waals surface area contributed by atoms with E-state index in [0.29, 0.717) is 11.9 Å². The van der Waals surface area contributed by atoms with E-state index in [4.69, 9.17) is 4.98 Å². The van der Waals surface area contributed by atoms with Crippen molar-refractivity contribution in [1.29, 1.82) is 0 Å². The van der Waals surface area contributed by atoms with Crippen LogP contribution in [0, 0.1) is 5.82 Å². The lowest BCUT2D eigenvalue weighted by molar-refractivity contribution is 0.474. The fourth-order valence-electron chi connectivity index (χ4n) is 3.46. The Kier molecular flexibility index (Phi) is 4.32. The number of pyridine rings is 2. The van der Waals surface area contributed by atoms with Crippen LogP contribution in [-0.2, 0) is 0 Å². The zero-order valence-corrected chi connectivity index (χ0v) is 14.2. The summed E-state index contributed by atoms with van der Waals surface area (Å²) in [4.78, 5) is 10.9. The average molecular weight is 336 g/mol. The van der Waals surface area contributed by atoms with Crippen LogP contribution in [0.15, 0.2) is 54.7 Å². The van der Waals surface area contributed by atoms with Gasteiger partial charge < -0.3 is 10.2 Å². The summed E-state index contributed by atoms with van der Waals surface area (Å²) in [5.41, 5.74) is 2.04. The number of benzene rings is 1. The molecule has 0 aliphatic carbocycles. The summed E-state index contributed by atoms with van der Waals surface area (Å²) in [7, 11) is 0. The number of hydrogen-bond acceptors (Lipinski definition) is 4. The van der Waals surface area contributed by atoms with Gasteiger partial charge in [0.2, 0.25) is 0 Å². The van der Waals surface area contributed by atoms with E-state index in [0.717, 1.165) is 36.1 Å². The Hall–Kier alpha value is -2.53. The normalized spacial score (nSPS) is 18.6. The van der Waals surface area contributed by atoms with Gasteiger partial charge in [-0.3, -0.25) is 4.98 Å². The maximum atomic E-state index is 13.9. The monoisotopic (exact) mass is 336 g/mol. The zero-order valence-electron chi connectivity index (χ0n) is 14.2. The highest BCUT2D eigenvalue weighted by atomic mass is 19.1. The highest BCUT2D eigenvalue weighted by Gasteiger charge is 2.26. The molecule has 0 radical (unpaired) electrons. The average Bonchev–Trinajstić information content (AvgIpc) is 3.10. The summed E-state index contributed by atoms with van der Waals surface area (Å²) < 4.78 is 13.9. The van der Waals surface area contributed by atoms with Crippen molar-refractivity contribution in [2.75, 3.05) is 18.0 Å². The van der Waals surface area contributed by atoms with Gasteiger partial charge in [0.05, 0.1) is 11.2 Å². The molecule has 1 aliphatic heterocycles. The van der Waals surface area contributed by atoms with Gasteiger partial charge in [0.15, 0.2) is 11.6 Å². The molecular formula is C20H21FN4. The van der Waals surface area contributed by atoms with E-state index in [-0.39, 0.29) is 11.9 Å². The summed E-state index contributed by atoms with van der Waals surface area (Å²) in [6.07, 6.45) is 2.61. The van der Waals surface area contributed by atoms with Gasteiger partial charge >= 0.3 is 0 Å². The first-order valence-electron chi connectivity index (χ1n) is 8.68. The van der Waals surface area contributed by atoms with Gasteiger partial charge in [-0.2, -0.15) is 0 Å². The van der Waals surface area contributed by atoms with Crippen molar-refractivity contribution in [2.24, 2.45) is 0 Å². The second-order valence-corrected chi connectivity index (χ2v) is 6.56. The Bertz CT molecular complexity index is 882. The molecule has 128 valence electrons. The molecule has 3 aromatic rings. The number of rotatable bonds is 4. The van der Waals surface area contributed by atoms with Crippen molar-refractivity contribution in [2.45, 2.75) is 25.4 Å². The number of para-hydroxylation sites is 1. The lowest BCUT2D eigenvalue weighted by atomic mass is 10.1. The standard InChI is InChI=1S/C20H21FN4/c1-14(18-9-8-15-5-2-3-7-19(15)24-18)23-16-10-12-25(13-16)20-17(21)6-4-11-22-20/h2-9,11,14,16,23H,10,12-13H2,1H3/t14-,16+/m1/s1. The molecule has 2 atom stereocenters. The van der Waals surface area contributed by atoms with Crippen molar-refractivity contribution in [3.63, 3.8) is 0 Å². The Morgan fingerprint density at radius 2 is 2.04 bits per heavy atom. The minimum Gasteiger partial charge on any atom is -0.353 e. The zero-order chi connectivity index (χ0) is 17.2. The number of halogens is 1. The van der Waals surface area contributed by atoms with Crippen LogP contribution in [-0.4, -0.2) is 29.1 Å².